The largest absolute Gasteiger partial charge is 0.306 e. The first-order chi connectivity index (χ1) is 16.2. The van der Waals surface area contributed by atoms with Gasteiger partial charge < -0.3 is 14.7 Å². The van der Waals surface area contributed by atoms with Crippen LogP contribution in [0.1, 0.15) is 120 Å². The molecule has 2 fully saturated rings. The first-order valence-electron chi connectivity index (χ1n) is 15.3. The van der Waals surface area contributed by atoms with E-state index in [1.807, 2.05) is 0 Å². The predicted octanol–water partition coefficient (Wildman–Crippen LogP) is 7.80. The Morgan fingerprint density at radius 3 is 1.66 bits per heavy atom. The summed E-state index contributed by atoms with van der Waals surface area (Å²) in [6.07, 6.45) is 13.9. The fraction of sp³-hybridized carbons (Fsp3) is 1.00. The lowest BCUT2D eigenvalue weighted by atomic mass is 9.83. The summed E-state index contributed by atoms with van der Waals surface area (Å²) in [4.78, 5) is 8.14. The van der Waals surface area contributed by atoms with Crippen LogP contribution in [0, 0.1) is 28.1 Å². The summed E-state index contributed by atoms with van der Waals surface area (Å²) < 4.78 is 0. The molecule has 0 atom stereocenters. The van der Waals surface area contributed by atoms with E-state index < -0.39 is 0 Å². The van der Waals surface area contributed by atoms with E-state index in [1.165, 1.54) is 117 Å². The number of hydrogen-bond donors (Lipinski definition) is 0. The molecule has 0 saturated carbocycles. The van der Waals surface area contributed by atoms with E-state index in [2.05, 4.69) is 77.1 Å². The molecule has 2 aliphatic heterocycles. The molecule has 0 aliphatic carbocycles. The lowest BCUT2D eigenvalue weighted by Crippen LogP contribution is -2.44. The topological polar surface area (TPSA) is 9.72 Å². The highest BCUT2D eigenvalue weighted by molar-refractivity contribution is 4.82. The number of hydrogen-bond acceptors (Lipinski definition) is 3. The zero-order valence-electron chi connectivity index (χ0n) is 25.7. The summed E-state index contributed by atoms with van der Waals surface area (Å²) in [6, 6.07) is 0. The number of likely N-dealkylation sites (tertiary alicyclic amines) is 2. The highest BCUT2D eigenvalue weighted by Gasteiger charge is 2.28. The van der Waals surface area contributed by atoms with Gasteiger partial charge in [-0.3, -0.25) is 0 Å². The Morgan fingerprint density at radius 1 is 0.629 bits per heavy atom. The van der Waals surface area contributed by atoms with Gasteiger partial charge in [0.25, 0.3) is 0 Å². The van der Waals surface area contributed by atoms with Gasteiger partial charge in [0.2, 0.25) is 0 Å². The Kier molecular flexibility index (Phi) is 12.6. The maximum atomic E-state index is 2.80. The van der Waals surface area contributed by atoms with Crippen LogP contribution in [0.25, 0.3) is 0 Å². The Labute approximate surface area is 221 Å². The van der Waals surface area contributed by atoms with E-state index in [9.17, 15) is 0 Å². The summed E-state index contributed by atoms with van der Waals surface area (Å²) in [5.41, 5.74) is 1.41. The minimum Gasteiger partial charge on any atom is -0.306 e. The van der Waals surface area contributed by atoms with Crippen LogP contribution in [-0.4, -0.2) is 74.1 Å². The standard InChI is InChI=1S/C32H65N3/c1-30(2,3)17-10-20-33(9)21-11-18-32(7,8)27-35-24-15-29(16-25-35)26-34-22-13-28(14-23-34)12-19-31(4,5)6/h28-29H,10-27H2,1-9H3. The summed E-state index contributed by atoms with van der Waals surface area (Å²) >= 11 is 0. The lowest BCUT2D eigenvalue weighted by Gasteiger charge is -2.40. The van der Waals surface area contributed by atoms with E-state index in [0.717, 1.165) is 11.8 Å². The minimum absolute atomic E-state index is 0.439. The van der Waals surface area contributed by atoms with E-state index >= 15 is 0 Å². The third kappa shape index (κ3) is 14.4. The summed E-state index contributed by atoms with van der Waals surface area (Å²) in [5.74, 6) is 1.92. The molecule has 0 bridgehead atoms. The van der Waals surface area contributed by atoms with E-state index in [-0.39, 0.29) is 0 Å². The molecule has 0 unspecified atom stereocenters. The second-order valence-corrected chi connectivity index (χ2v) is 15.8. The van der Waals surface area contributed by atoms with Crippen LogP contribution in [0.2, 0.25) is 0 Å². The van der Waals surface area contributed by atoms with Crippen LogP contribution in [0.5, 0.6) is 0 Å². The van der Waals surface area contributed by atoms with Crippen LogP contribution in [0.3, 0.4) is 0 Å². The summed E-state index contributed by atoms with van der Waals surface area (Å²) in [7, 11) is 2.31. The van der Waals surface area contributed by atoms with E-state index in [1.54, 1.807) is 0 Å². The molecule has 0 aromatic heterocycles. The molecule has 0 amide bonds. The molecule has 3 heteroatoms. The van der Waals surface area contributed by atoms with Gasteiger partial charge in [-0.15, -0.1) is 0 Å². The zero-order chi connectivity index (χ0) is 26.1. The fourth-order valence-electron chi connectivity index (χ4n) is 6.29. The monoisotopic (exact) mass is 492 g/mol. The molecule has 3 nitrogen and oxygen atoms in total. The summed E-state index contributed by atoms with van der Waals surface area (Å²) in [6.45, 7) is 29.8. The van der Waals surface area contributed by atoms with Crippen molar-refractivity contribution in [1.29, 1.82) is 0 Å². The van der Waals surface area contributed by atoms with Crippen LogP contribution >= 0.6 is 0 Å². The van der Waals surface area contributed by atoms with Crippen LogP contribution in [0.4, 0.5) is 0 Å². The number of piperidine rings is 2. The molecule has 0 N–H and O–H groups in total. The van der Waals surface area contributed by atoms with Gasteiger partial charge in [0.05, 0.1) is 0 Å². The van der Waals surface area contributed by atoms with Crippen molar-refractivity contribution in [2.75, 3.05) is 59.4 Å². The van der Waals surface area contributed by atoms with Crippen LogP contribution < -0.4 is 0 Å². The van der Waals surface area contributed by atoms with Crippen molar-refractivity contribution in [3.05, 3.63) is 0 Å². The normalized spacial score (nSPS) is 20.7. The van der Waals surface area contributed by atoms with Gasteiger partial charge in [0.15, 0.2) is 0 Å². The zero-order valence-corrected chi connectivity index (χ0v) is 25.7. The van der Waals surface area contributed by atoms with Gasteiger partial charge in [-0.05, 0) is 139 Å². The van der Waals surface area contributed by atoms with Crippen molar-refractivity contribution in [2.24, 2.45) is 28.1 Å². The molecular formula is C32H65N3. The smallest absolute Gasteiger partial charge is 0.00327 e. The van der Waals surface area contributed by atoms with Crippen molar-refractivity contribution >= 4 is 0 Å². The first-order valence-corrected chi connectivity index (χ1v) is 15.3. The Hall–Kier alpha value is -0.120. The van der Waals surface area contributed by atoms with Crippen molar-refractivity contribution in [3.8, 4) is 0 Å². The Balaban J connectivity index is 1.56. The molecule has 0 radical (unpaired) electrons. The third-order valence-corrected chi connectivity index (χ3v) is 8.74. The molecule has 0 aromatic carbocycles. The average molecular weight is 492 g/mol. The molecule has 208 valence electrons. The molecular weight excluding hydrogens is 426 g/mol. The SMILES string of the molecule is CN(CCCC(C)(C)C)CCCC(C)(C)CN1CCC(CN2CCC(CCC(C)(C)C)CC2)CC1. The molecule has 2 heterocycles. The maximum absolute atomic E-state index is 2.80. The van der Waals surface area contributed by atoms with Crippen molar-refractivity contribution in [2.45, 2.75) is 120 Å². The first kappa shape index (κ1) is 31.1. The van der Waals surface area contributed by atoms with Gasteiger partial charge in [-0.2, -0.15) is 0 Å². The van der Waals surface area contributed by atoms with E-state index in [4.69, 9.17) is 0 Å². The molecule has 2 saturated heterocycles. The molecule has 35 heavy (non-hydrogen) atoms. The van der Waals surface area contributed by atoms with E-state index in [0.29, 0.717) is 16.2 Å². The van der Waals surface area contributed by atoms with Crippen LogP contribution in [-0.2, 0) is 0 Å². The van der Waals surface area contributed by atoms with Gasteiger partial charge in [-0.1, -0.05) is 55.4 Å². The Bertz CT molecular complexity index is 554. The van der Waals surface area contributed by atoms with Gasteiger partial charge in [0.1, 0.15) is 0 Å². The van der Waals surface area contributed by atoms with Gasteiger partial charge >= 0.3 is 0 Å². The second kappa shape index (κ2) is 14.1. The van der Waals surface area contributed by atoms with Crippen molar-refractivity contribution in [3.63, 3.8) is 0 Å². The van der Waals surface area contributed by atoms with Crippen molar-refractivity contribution < 1.29 is 0 Å². The van der Waals surface area contributed by atoms with Gasteiger partial charge in [0, 0.05) is 13.1 Å². The Morgan fingerprint density at radius 2 is 1.11 bits per heavy atom. The minimum atomic E-state index is 0.439. The van der Waals surface area contributed by atoms with Gasteiger partial charge in [-0.25, -0.2) is 0 Å². The highest BCUT2D eigenvalue weighted by atomic mass is 15.2. The van der Waals surface area contributed by atoms with Crippen LogP contribution in [0.15, 0.2) is 0 Å². The lowest BCUT2D eigenvalue weighted by molar-refractivity contribution is 0.0901. The second-order valence-electron chi connectivity index (χ2n) is 15.8. The molecule has 0 spiro atoms. The fourth-order valence-corrected chi connectivity index (χ4v) is 6.29. The molecule has 2 rings (SSSR count). The molecule has 0 aromatic rings. The predicted molar refractivity (Wildman–Crippen MR) is 156 cm³/mol. The summed E-state index contributed by atoms with van der Waals surface area (Å²) in [5, 5.41) is 0. The highest BCUT2D eigenvalue weighted by Crippen LogP contribution is 2.31. The number of rotatable bonds is 13. The van der Waals surface area contributed by atoms with Crippen molar-refractivity contribution in [1.82, 2.24) is 14.7 Å². The molecule has 2 aliphatic rings. The number of nitrogens with zero attached hydrogens (tertiary/aromatic N) is 3. The third-order valence-electron chi connectivity index (χ3n) is 8.74. The maximum Gasteiger partial charge on any atom is 0.00327 e. The average Bonchev–Trinajstić information content (AvgIpc) is 2.73. The quantitative estimate of drug-likeness (QED) is 0.260.